The molecule has 0 bridgehead atoms. The van der Waals surface area contributed by atoms with Crippen LogP contribution in [0.3, 0.4) is 0 Å². The van der Waals surface area contributed by atoms with Crippen molar-refractivity contribution in [2.24, 2.45) is 5.92 Å². The van der Waals surface area contributed by atoms with E-state index in [0.29, 0.717) is 22.9 Å². The van der Waals surface area contributed by atoms with Gasteiger partial charge in [0.25, 0.3) is 0 Å². The predicted molar refractivity (Wildman–Crippen MR) is 154 cm³/mol. The number of nitrogens with zero attached hydrogens (tertiary/aromatic N) is 1. The third-order valence-electron chi connectivity index (χ3n) is 7.50. The number of fused-ring (bicyclic) bond motifs is 2. The molecule has 5 heteroatoms. The molecule has 0 saturated heterocycles. The van der Waals surface area contributed by atoms with Crippen molar-refractivity contribution in [1.29, 1.82) is 5.41 Å². The van der Waals surface area contributed by atoms with Crippen molar-refractivity contribution >= 4 is 23.9 Å². The maximum absolute atomic E-state index is 10.5. The van der Waals surface area contributed by atoms with Crippen molar-refractivity contribution in [3.05, 3.63) is 105 Å². The molecule has 1 unspecified atom stereocenters. The lowest BCUT2D eigenvalue weighted by Gasteiger charge is -2.18. The Morgan fingerprint density at radius 1 is 1.14 bits per heavy atom. The van der Waals surface area contributed by atoms with Gasteiger partial charge in [-0.15, -0.1) is 12.6 Å². The summed E-state index contributed by atoms with van der Waals surface area (Å²) in [5.41, 5.74) is 9.60. The number of rotatable bonds is 7. The zero-order chi connectivity index (χ0) is 26.3. The van der Waals surface area contributed by atoms with E-state index in [1.54, 1.807) is 12.1 Å². The van der Waals surface area contributed by atoms with Gasteiger partial charge in [0.2, 0.25) is 5.88 Å². The number of aryl methyl sites for hydroxylation is 1. The van der Waals surface area contributed by atoms with Crippen LogP contribution < -0.4 is 4.74 Å². The summed E-state index contributed by atoms with van der Waals surface area (Å²) in [5.74, 6) is 1.27. The molecule has 5 rings (SSSR count). The second-order valence-corrected chi connectivity index (χ2v) is 11.0. The van der Waals surface area contributed by atoms with E-state index >= 15 is 0 Å². The van der Waals surface area contributed by atoms with Crippen LogP contribution in [0, 0.1) is 18.3 Å². The van der Waals surface area contributed by atoms with E-state index in [-0.39, 0.29) is 24.0 Å². The molecule has 1 aromatic heterocycles. The van der Waals surface area contributed by atoms with E-state index in [1.165, 1.54) is 22.3 Å². The molecule has 4 nitrogen and oxygen atoms in total. The van der Waals surface area contributed by atoms with E-state index < -0.39 is 0 Å². The summed E-state index contributed by atoms with van der Waals surface area (Å²) in [6.45, 7) is 10.5. The van der Waals surface area contributed by atoms with Crippen molar-refractivity contribution in [3.63, 3.8) is 0 Å². The molecule has 1 atom stereocenters. The molecule has 2 aromatic carbocycles. The van der Waals surface area contributed by atoms with Gasteiger partial charge in [0.15, 0.2) is 0 Å². The normalized spacial score (nSPS) is 17.2. The monoisotopic (exact) mass is 510 g/mol. The third-order valence-corrected chi connectivity index (χ3v) is 8.13. The molecule has 2 N–H and O–H groups in total. The SMILES string of the molecule is C=C(C)c1ccc2c(c1)Cc1ccc(OC/C(C(=N)c3c(C)cccc3O)=C(/S)C3CC3)nc1C(C)C2. The highest BCUT2D eigenvalue weighted by Crippen LogP contribution is 2.41. The van der Waals surface area contributed by atoms with Gasteiger partial charge in [-0.2, -0.15) is 0 Å². The lowest BCUT2D eigenvalue weighted by Crippen LogP contribution is -2.16. The summed E-state index contributed by atoms with van der Waals surface area (Å²) in [7, 11) is 0. The van der Waals surface area contributed by atoms with Gasteiger partial charge < -0.3 is 9.84 Å². The molecule has 0 radical (unpaired) electrons. The van der Waals surface area contributed by atoms with Gasteiger partial charge in [-0.3, -0.25) is 5.41 Å². The van der Waals surface area contributed by atoms with Gasteiger partial charge in [-0.25, -0.2) is 4.98 Å². The number of allylic oxidation sites excluding steroid dienone is 2. The highest BCUT2D eigenvalue weighted by molar-refractivity contribution is 7.84. The minimum absolute atomic E-state index is 0.103. The molecular weight excluding hydrogens is 476 g/mol. The fourth-order valence-corrected chi connectivity index (χ4v) is 5.61. The first-order valence-electron chi connectivity index (χ1n) is 12.9. The Morgan fingerprint density at radius 2 is 1.89 bits per heavy atom. The second kappa shape index (κ2) is 10.2. The largest absolute Gasteiger partial charge is 0.507 e. The fraction of sp³-hybridized carbons (Fsp3) is 0.312. The van der Waals surface area contributed by atoms with Crippen LogP contribution in [-0.2, 0) is 12.8 Å². The fourth-order valence-electron chi connectivity index (χ4n) is 5.18. The van der Waals surface area contributed by atoms with E-state index in [2.05, 4.69) is 37.8 Å². The van der Waals surface area contributed by atoms with E-state index in [9.17, 15) is 5.11 Å². The first-order valence-corrected chi connectivity index (χ1v) is 13.4. The Morgan fingerprint density at radius 3 is 2.59 bits per heavy atom. The van der Waals surface area contributed by atoms with Crippen molar-refractivity contribution in [1.82, 2.24) is 4.98 Å². The number of ether oxygens (including phenoxy) is 1. The van der Waals surface area contributed by atoms with Crippen molar-refractivity contribution in [2.45, 2.75) is 52.4 Å². The van der Waals surface area contributed by atoms with Crippen molar-refractivity contribution < 1.29 is 9.84 Å². The number of nitrogens with one attached hydrogen (secondary N) is 1. The number of hydrogen-bond acceptors (Lipinski definition) is 5. The lowest BCUT2D eigenvalue weighted by atomic mass is 9.95. The van der Waals surface area contributed by atoms with Crippen LogP contribution in [0.4, 0.5) is 0 Å². The highest BCUT2D eigenvalue weighted by atomic mass is 32.1. The first-order chi connectivity index (χ1) is 17.7. The highest BCUT2D eigenvalue weighted by Gasteiger charge is 2.29. The average Bonchev–Trinajstić information content (AvgIpc) is 3.71. The number of aromatic hydroxyl groups is 1. The molecule has 0 spiro atoms. The Balaban J connectivity index is 1.41. The van der Waals surface area contributed by atoms with Crippen LogP contribution in [0.5, 0.6) is 11.6 Å². The topological polar surface area (TPSA) is 66.2 Å². The molecule has 1 heterocycles. The van der Waals surface area contributed by atoms with Crippen molar-refractivity contribution in [2.75, 3.05) is 6.61 Å². The summed E-state index contributed by atoms with van der Waals surface area (Å²) in [4.78, 5) is 5.82. The summed E-state index contributed by atoms with van der Waals surface area (Å²) in [6.07, 6.45) is 3.91. The second-order valence-electron chi connectivity index (χ2n) is 10.5. The lowest BCUT2D eigenvalue weighted by molar-refractivity contribution is 0.340. The number of phenols is 1. The summed E-state index contributed by atoms with van der Waals surface area (Å²) in [5, 5.41) is 19.4. The molecule has 2 aliphatic rings. The van der Waals surface area contributed by atoms with Crippen LogP contribution in [0.2, 0.25) is 0 Å². The summed E-state index contributed by atoms with van der Waals surface area (Å²) < 4.78 is 6.22. The minimum Gasteiger partial charge on any atom is -0.507 e. The smallest absolute Gasteiger partial charge is 0.213 e. The molecule has 3 aromatic rings. The van der Waals surface area contributed by atoms with E-state index in [1.807, 2.05) is 26.0 Å². The molecule has 190 valence electrons. The summed E-state index contributed by atoms with van der Waals surface area (Å²) >= 11 is 4.80. The Hall–Kier alpha value is -3.31. The van der Waals surface area contributed by atoms with Crippen LogP contribution in [0.15, 0.2) is 65.6 Å². The predicted octanol–water partition coefficient (Wildman–Crippen LogP) is 7.42. The van der Waals surface area contributed by atoms with Crippen molar-refractivity contribution in [3.8, 4) is 11.6 Å². The number of hydrogen-bond donors (Lipinski definition) is 3. The standard InChI is InChI=1S/C32H34N2O2S/c1-18(2)22-10-11-23-14-20(4)31-24(16-25(23)15-22)12-13-28(34-31)36-17-26(32(37)21-8-9-21)30(33)29-19(3)6-5-7-27(29)35/h5-7,10-13,15,20-21,33,35,37H,1,8-9,14,16-17H2,2-4H3/b32-26-,33-30?. The zero-order valence-corrected chi connectivity index (χ0v) is 22.7. The van der Waals surface area contributed by atoms with Gasteiger partial charge in [-0.1, -0.05) is 55.5 Å². The van der Waals surface area contributed by atoms with Crippen LogP contribution in [0.1, 0.15) is 71.7 Å². The maximum Gasteiger partial charge on any atom is 0.213 e. The molecule has 0 aliphatic heterocycles. The number of benzene rings is 2. The Bertz CT molecular complexity index is 1410. The van der Waals surface area contributed by atoms with Gasteiger partial charge in [0.05, 0.1) is 11.4 Å². The number of pyridine rings is 1. The van der Waals surface area contributed by atoms with Gasteiger partial charge in [0, 0.05) is 23.1 Å². The average molecular weight is 511 g/mol. The Labute approximate surface area is 225 Å². The number of phenolic OH excluding ortho intramolecular Hbond substituents is 1. The minimum atomic E-state index is 0.103. The number of aromatic nitrogens is 1. The molecule has 1 saturated carbocycles. The van der Waals surface area contributed by atoms with Crippen LogP contribution >= 0.6 is 12.6 Å². The Kier molecular flexibility index (Phi) is 7.00. The van der Waals surface area contributed by atoms with Crippen LogP contribution in [0.25, 0.3) is 5.57 Å². The van der Waals surface area contributed by atoms with Crippen LogP contribution in [-0.4, -0.2) is 22.4 Å². The van der Waals surface area contributed by atoms with Gasteiger partial charge in [-0.05, 0) is 84.2 Å². The summed E-state index contributed by atoms with van der Waals surface area (Å²) in [6, 6.07) is 16.0. The maximum atomic E-state index is 10.5. The molecule has 2 aliphatic carbocycles. The molecule has 1 fully saturated rings. The molecule has 0 amide bonds. The van der Waals surface area contributed by atoms with E-state index in [0.717, 1.165) is 47.4 Å². The molecular formula is C32H34N2O2S. The third kappa shape index (κ3) is 5.24. The van der Waals surface area contributed by atoms with E-state index in [4.69, 9.17) is 27.8 Å². The first kappa shape index (κ1) is 25.3. The quantitative estimate of drug-likeness (QED) is 0.229. The van der Waals surface area contributed by atoms with Gasteiger partial charge in [0.1, 0.15) is 12.4 Å². The number of thiol groups is 1. The zero-order valence-electron chi connectivity index (χ0n) is 21.8. The van der Waals surface area contributed by atoms with Gasteiger partial charge >= 0.3 is 0 Å². The molecule has 37 heavy (non-hydrogen) atoms.